The molecule has 54 valence electrons. The van der Waals surface area contributed by atoms with Gasteiger partial charge in [-0.2, -0.15) is 0 Å². The first-order chi connectivity index (χ1) is 4.83. The van der Waals surface area contributed by atoms with Gasteiger partial charge >= 0.3 is 0 Å². The SMILES string of the molecule is NC=NC1C=CC(F)=CC1. The average molecular weight is 140 g/mol. The third-order valence-corrected chi connectivity index (χ3v) is 1.31. The maximum Gasteiger partial charge on any atom is 0.119 e. The Kier molecular flexibility index (Phi) is 2.20. The lowest BCUT2D eigenvalue weighted by atomic mass is 10.1. The molecule has 0 spiro atoms. The molecule has 0 amide bonds. The van der Waals surface area contributed by atoms with Crippen molar-refractivity contribution in [1.29, 1.82) is 0 Å². The van der Waals surface area contributed by atoms with Gasteiger partial charge in [0.05, 0.1) is 12.4 Å². The molecule has 1 aliphatic carbocycles. The summed E-state index contributed by atoms with van der Waals surface area (Å²) < 4.78 is 12.3. The van der Waals surface area contributed by atoms with Crippen molar-refractivity contribution in [3.63, 3.8) is 0 Å². The number of halogens is 1. The number of hydrogen-bond donors (Lipinski definition) is 1. The third-order valence-electron chi connectivity index (χ3n) is 1.31. The predicted octanol–water partition coefficient (Wildman–Crippen LogP) is 1.16. The first-order valence-electron chi connectivity index (χ1n) is 3.10. The van der Waals surface area contributed by atoms with Crippen molar-refractivity contribution < 1.29 is 4.39 Å². The van der Waals surface area contributed by atoms with Crippen LogP contribution < -0.4 is 5.73 Å². The number of nitrogens with two attached hydrogens (primary N) is 1. The first kappa shape index (κ1) is 6.99. The molecule has 1 unspecified atom stereocenters. The zero-order valence-corrected chi connectivity index (χ0v) is 5.50. The van der Waals surface area contributed by atoms with Gasteiger partial charge in [-0.15, -0.1) is 0 Å². The van der Waals surface area contributed by atoms with Crippen molar-refractivity contribution in [1.82, 2.24) is 0 Å². The van der Waals surface area contributed by atoms with Crippen LogP contribution in [-0.4, -0.2) is 12.4 Å². The second-order valence-corrected chi connectivity index (χ2v) is 2.05. The molecule has 0 aromatic carbocycles. The predicted molar refractivity (Wildman–Crippen MR) is 39.4 cm³/mol. The van der Waals surface area contributed by atoms with Crippen molar-refractivity contribution >= 4 is 6.34 Å². The van der Waals surface area contributed by atoms with Crippen molar-refractivity contribution in [2.24, 2.45) is 10.7 Å². The molecule has 2 nitrogen and oxygen atoms in total. The Morgan fingerprint density at radius 1 is 1.80 bits per heavy atom. The van der Waals surface area contributed by atoms with Gasteiger partial charge in [0.15, 0.2) is 0 Å². The smallest absolute Gasteiger partial charge is 0.119 e. The molecule has 0 aromatic heterocycles. The Bertz CT molecular complexity index is 194. The molecule has 0 saturated heterocycles. The molecular formula is C7H9FN2. The largest absolute Gasteiger partial charge is 0.390 e. The molecule has 0 saturated carbocycles. The van der Waals surface area contributed by atoms with Crippen LogP contribution in [-0.2, 0) is 0 Å². The summed E-state index contributed by atoms with van der Waals surface area (Å²) in [6.45, 7) is 0. The summed E-state index contributed by atoms with van der Waals surface area (Å²) in [5.41, 5.74) is 5.05. The number of aliphatic imine (C=N–C) groups is 1. The van der Waals surface area contributed by atoms with Gasteiger partial charge in [-0.1, -0.05) is 6.08 Å². The van der Waals surface area contributed by atoms with E-state index in [4.69, 9.17) is 5.73 Å². The summed E-state index contributed by atoms with van der Waals surface area (Å²) in [4.78, 5) is 3.87. The van der Waals surface area contributed by atoms with Gasteiger partial charge in [0.25, 0.3) is 0 Å². The van der Waals surface area contributed by atoms with Crippen LogP contribution in [0.5, 0.6) is 0 Å². The fourth-order valence-corrected chi connectivity index (χ4v) is 0.804. The van der Waals surface area contributed by atoms with E-state index in [9.17, 15) is 4.39 Å². The van der Waals surface area contributed by atoms with Crippen molar-refractivity contribution in [2.75, 3.05) is 0 Å². The summed E-state index contributed by atoms with van der Waals surface area (Å²) >= 11 is 0. The second kappa shape index (κ2) is 3.15. The summed E-state index contributed by atoms with van der Waals surface area (Å²) in [5, 5.41) is 0. The lowest BCUT2D eigenvalue weighted by Crippen LogP contribution is -2.04. The fraction of sp³-hybridized carbons (Fsp3) is 0.286. The standard InChI is InChI=1S/C7H9FN2/c8-6-1-3-7(4-2-6)10-5-9/h1-3,5,7H,4H2,(H2,9,10). The van der Waals surface area contributed by atoms with E-state index in [-0.39, 0.29) is 11.9 Å². The Morgan fingerprint density at radius 2 is 2.60 bits per heavy atom. The highest BCUT2D eigenvalue weighted by molar-refractivity contribution is 5.52. The number of hydrogen-bond acceptors (Lipinski definition) is 1. The highest BCUT2D eigenvalue weighted by atomic mass is 19.1. The zero-order chi connectivity index (χ0) is 7.40. The molecule has 1 atom stereocenters. The molecule has 10 heavy (non-hydrogen) atoms. The molecule has 1 aliphatic rings. The second-order valence-electron chi connectivity index (χ2n) is 2.05. The van der Waals surface area contributed by atoms with E-state index in [1.807, 2.05) is 0 Å². The van der Waals surface area contributed by atoms with E-state index in [0.29, 0.717) is 6.42 Å². The van der Waals surface area contributed by atoms with Crippen LogP contribution in [0.25, 0.3) is 0 Å². The van der Waals surface area contributed by atoms with E-state index in [2.05, 4.69) is 4.99 Å². The molecular weight excluding hydrogens is 131 g/mol. The topological polar surface area (TPSA) is 38.4 Å². The molecule has 2 N–H and O–H groups in total. The maximum absolute atomic E-state index is 12.3. The van der Waals surface area contributed by atoms with Crippen LogP contribution in [0.2, 0.25) is 0 Å². The summed E-state index contributed by atoms with van der Waals surface area (Å²) in [6.07, 6.45) is 6.44. The van der Waals surface area contributed by atoms with Crippen molar-refractivity contribution in [2.45, 2.75) is 12.5 Å². The third kappa shape index (κ3) is 1.69. The lowest BCUT2D eigenvalue weighted by molar-refractivity contribution is 0.642. The Hall–Kier alpha value is -1.12. The minimum Gasteiger partial charge on any atom is -0.390 e. The van der Waals surface area contributed by atoms with Crippen LogP contribution in [0.3, 0.4) is 0 Å². The Morgan fingerprint density at radius 3 is 3.10 bits per heavy atom. The van der Waals surface area contributed by atoms with Crippen molar-refractivity contribution in [3.05, 3.63) is 24.1 Å². The lowest BCUT2D eigenvalue weighted by Gasteiger charge is -2.06. The monoisotopic (exact) mass is 140 g/mol. The minimum absolute atomic E-state index is 0.0319. The van der Waals surface area contributed by atoms with Gasteiger partial charge in [0.1, 0.15) is 5.83 Å². The minimum atomic E-state index is -0.191. The average Bonchev–Trinajstić information content (AvgIpc) is 1.95. The van der Waals surface area contributed by atoms with Crippen LogP contribution in [0.15, 0.2) is 29.0 Å². The number of allylic oxidation sites excluding steroid dienone is 2. The van der Waals surface area contributed by atoms with Gasteiger partial charge in [0, 0.05) is 0 Å². The van der Waals surface area contributed by atoms with Gasteiger partial charge in [-0.05, 0) is 18.6 Å². The summed E-state index contributed by atoms with van der Waals surface area (Å²) in [6, 6.07) is 0.0319. The molecule has 0 aromatic rings. The Balaban J connectivity index is 2.52. The molecule has 0 fully saturated rings. The molecule has 1 rings (SSSR count). The van der Waals surface area contributed by atoms with Gasteiger partial charge in [0.2, 0.25) is 0 Å². The molecule has 0 heterocycles. The van der Waals surface area contributed by atoms with Gasteiger partial charge in [-0.3, -0.25) is 4.99 Å². The quantitative estimate of drug-likeness (QED) is 0.430. The number of nitrogens with zero attached hydrogens (tertiary/aromatic N) is 1. The maximum atomic E-state index is 12.3. The highest BCUT2D eigenvalue weighted by Gasteiger charge is 2.04. The summed E-state index contributed by atoms with van der Waals surface area (Å²) in [5.74, 6) is -0.191. The molecule has 0 bridgehead atoms. The van der Waals surface area contributed by atoms with Crippen LogP contribution in [0, 0.1) is 0 Å². The highest BCUT2D eigenvalue weighted by Crippen LogP contribution is 2.12. The van der Waals surface area contributed by atoms with Gasteiger partial charge in [-0.25, -0.2) is 4.39 Å². The van der Waals surface area contributed by atoms with Crippen LogP contribution >= 0.6 is 0 Å². The number of rotatable bonds is 1. The molecule has 3 heteroatoms. The van der Waals surface area contributed by atoms with Crippen LogP contribution in [0.4, 0.5) is 4.39 Å². The zero-order valence-electron chi connectivity index (χ0n) is 5.50. The fourth-order valence-electron chi connectivity index (χ4n) is 0.804. The van der Waals surface area contributed by atoms with E-state index >= 15 is 0 Å². The first-order valence-corrected chi connectivity index (χ1v) is 3.10. The van der Waals surface area contributed by atoms with E-state index in [1.165, 1.54) is 18.5 Å². The van der Waals surface area contributed by atoms with Crippen LogP contribution in [0.1, 0.15) is 6.42 Å². The van der Waals surface area contributed by atoms with E-state index in [0.717, 1.165) is 0 Å². The van der Waals surface area contributed by atoms with E-state index in [1.54, 1.807) is 6.08 Å². The molecule has 0 radical (unpaired) electrons. The Labute approximate surface area is 58.9 Å². The van der Waals surface area contributed by atoms with Crippen molar-refractivity contribution in [3.8, 4) is 0 Å². The molecule has 0 aliphatic heterocycles. The van der Waals surface area contributed by atoms with E-state index < -0.39 is 0 Å². The normalized spacial score (nSPS) is 25.3. The summed E-state index contributed by atoms with van der Waals surface area (Å²) in [7, 11) is 0. The van der Waals surface area contributed by atoms with Gasteiger partial charge < -0.3 is 5.73 Å².